The zero-order chi connectivity index (χ0) is 14.9. The number of aliphatic hydroxyl groups is 1. The van der Waals surface area contributed by atoms with Gasteiger partial charge in [0.05, 0.1) is 5.60 Å². The Bertz CT molecular complexity index is 497. The molecule has 1 aromatic carbocycles. The molecular weight excluding hydrogens is 264 g/mol. The molecule has 116 valence electrons. The summed E-state index contributed by atoms with van der Waals surface area (Å²) in [6, 6.07) is 5.92. The largest absolute Gasteiger partial charge is 0.486 e. The second-order valence-electron chi connectivity index (χ2n) is 6.98. The molecule has 1 heterocycles. The summed E-state index contributed by atoms with van der Waals surface area (Å²) in [5.74, 6) is 2.89. The van der Waals surface area contributed by atoms with E-state index in [4.69, 9.17) is 9.47 Å². The first-order valence-corrected chi connectivity index (χ1v) is 8.19. The summed E-state index contributed by atoms with van der Waals surface area (Å²) in [4.78, 5) is 0. The molecule has 2 atom stereocenters. The maximum atomic E-state index is 11.1. The molecule has 1 fully saturated rings. The van der Waals surface area contributed by atoms with Gasteiger partial charge in [-0.05, 0) is 55.2 Å². The zero-order valence-electron chi connectivity index (χ0n) is 13.1. The van der Waals surface area contributed by atoms with E-state index >= 15 is 0 Å². The van der Waals surface area contributed by atoms with Crippen molar-refractivity contribution in [3.8, 4) is 11.5 Å². The molecule has 2 aliphatic rings. The van der Waals surface area contributed by atoms with Crippen molar-refractivity contribution in [3.63, 3.8) is 0 Å². The third-order valence-electron chi connectivity index (χ3n) is 4.71. The second-order valence-corrected chi connectivity index (χ2v) is 6.98. The molecule has 0 aromatic heterocycles. The molecule has 1 saturated carbocycles. The molecular formula is C18H26O3. The molecule has 2 unspecified atom stereocenters. The minimum absolute atomic E-state index is 0.588. The lowest BCUT2D eigenvalue weighted by Gasteiger charge is -2.38. The van der Waals surface area contributed by atoms with Gasteiger partial charge in [-0.1, -0.05) is 26.3 Å². The van der Waals surface area contributed by atoms with Gasteiger partial charge in [-0.3, -0.25) is 0 Å². The summed E-state index contributed by atoms with van der Waals surface area (Å²) in [6.45, 7) is 5.72. The number of fused-ring (bicyclic) bond motifs is 1. The first kappa shape index (κ1) is 14.7. The first-order valence-electron chi connectivity index (χ1n) is 8.19. The van der Waals surface area contributed by atoms with Crippen molar-refractivity contribution in [2.75, 3.05) is 13.2 Å². The van der Waals surface area contributed by atoms with Crippen LogP contribution < -0.4 is 9.47 Å². The van der Waals surface area contributed by atoms with Crippen LogP contribution >= 0.6 is 0 Å². The van der Waals surface area contributed by atoms with Crippen LogP contribution in [-0.4, -0.2) is 18.3 Å². The average molecular weight is 290 g/mol. The van der Waals surface area contributed by atoms with Crippen LogP contribution in [0.15, 0.2) is 18.2 Å². The summed E-state index contributed by atoms with van der Waals surface area (Å²) in [5.41, 5.74) is 0.286. The normalized spacial score (nSPS) is 28.7. The second kappa shape index (κ2) is 5.88. The van der Waals surface area contributed by atoms with Gasteiger partial charge in [-0.15, -0.1) is 0 Å². The Labute approximate surface area is 127 Å². The number of rotatable bonds is 3. The molecule has 1 aliphatic heterocycles. The molecule has 1 aromatic rings. The van der Waals surface area contributed by atoms with Crippen molar-refractivity contribution in [1.29, 1.82) is 0 Å². The monoisotopic (exact) mass is 290 g/mol. The smallest absolute Gasteiger partial charge is 0.161 e. The third-order valence-corrected chi connectivity index (χ3v) is 4.71. The van der Waals surface area contributed by atoms with E-state index in [9.17, 15) is 5.11 Å². The van der Waals surface area contributed by atoms with Gasteiger partial charge in [-0.25, -0.2) is 0 Å². The Morgan fingerprint density at radius 3 is 2.76 bits per heavy atom. The SMILES string of the molecule is CC(C)CC1CCCC(O)(c2ccc3c(c2)OCCO3)C1. The van der Waals surface area contributed by atoms with Crippen molar-refractivity contribution < 1.29 is 14.6 Å². The molecule has 3 rings (SSSR count). The highest BCUT2D eigenvalue weighted by molar-refractivity contribution is 5.45. The van der Waals surface area contributed by atoms with E-state index in [0.717, 1.165) is 36.3 Å². The van der Waals surface area contributed by atoms with E-state index in [2.05, 4.69) is 13.8 Å². The summed E-state index contributed by atoms with van der Waals surface area (Å²) in [5, 5.41) is 11.1. The summed E-state index contributed by atoms with van der Waals surface area (Å²) < 4.78 is 11.2. The lowest BCUT2D eigenvalue weighted by atomic mass is 9.72. The van der Waals surface area contributed by atoms with Crippen LogP contribution in [0, 0.1) is 11.8 Å². The highest BCUT2D eigenvalue weighted by Crippen LogP contribution is 2.44. The standard InChI is InChI=1S/C18H26O3/c1-13(2)10-14-4-3-7-18(19,12-14)15-5-6-16-17(11-15)21-9-8-20-16/h5-6,11,13-14,19H,3-4,7-10,12H2,1-2H3. The fraction of sp³-hybridized carbons (Fsp3) is 0.667. The van der Waals surface area contributed by atoms with Gasteiger partial charge in [0.25, 0.3) is 0 Å². The first-order chi connectivity index (χ1) is 10.1. The highest BCUT2D eigenvalue weighted by Gasteiger charge is 2.36. The summed E-state index contributed by atoms with van der Waals surface area (Å²) in [6.07, 6.45) is 5.26. The lowest BCUT2D eigenvalue weighted by Crippen LogP contribution is -2.33. The number of hydrogen-bond donors (Lipinski definition) is 1. The quantitative estimate of drug-likeness (QED) is 0.918. The fourth-order valence-electron chi connectivity index (χ4n) is 3.83. The third kappa shape index (κ3) is 3.18. The maximum absolute atomic E-state index is 11.1. The maximum Gasteiger partial charge on any atom is 0.161 e. The Balaban J connectivity index is 1.80. The van der Waals surface area contributed by atoms with Crippen molar-refractivity contribution >= 4 is 0 Å². The highest BCUT2D eigenvalue weighted by atomic mass is 16.6. The van der Waals surface area contributed by atoms with E-state index in [1.165, 1.54) is 12.8 Å². The van der Waals surface area contributed by atoms with Crippen LogP contribution in [0.25, 0.3) is 0 Å². The predicted molar refractivity (Wildman–Crippen MR) is 82.7 cm³/mol. The molecule has 0 spiro atoms. The lowest BCUT2D eigenvalue weighted by molar-refractivity contribution is -0.0247. The van der Waals surface area contributed by atoms with Crippen LogP contribution in [0.4, 0.5) is 0 Å². The van der Waals surface area contributed by atoms with Crippen molar-refractivity contribution in [2.45, 2.75) is 51.6 Å². The van der Waals surface area contributed by atoms with E-state index in [0.29, 0.717) is 25.0 Å². The van der Waals surface area contributed by atoms with Gasteiger partial charge in [0, 0.05) is 0 Å². The minimum Gasteiger partial charge on any atom is -0.486 e. The molecule has 3 heteroatoms. The van der Waals surface area contributed by atoms with Gasteiger partial charge >= 0.3 is 0 Å². The van der Waals surface area contributed by atoms with Crippen molar-refractivity contribution in [1.82, 2.24) is 0 Å². The molecule has 1 N–H and O–H groups in total. The van der Waals surface area contributed by atoms with E-state index in [1.807, 2.05) is 18.2 Å². The zero-order valence-corrected chi connectivity index (χ0v) is 13.1. The number of benzene rings is 1. The Morgan fingerprint density at radius 2 is 2.00 bits per heavy atom. The van der Waals surface area contributed by atoms with Crippen LogP contribution in [0.2, 0.25) is 0 Å². The molecule has 21 heavy (non-hydrogen) atoms. The van der Waals surface area contributed by atoms with Gasteiger partial charge in [0.15, 0.2) is 11.5 Å². The Hall–Kier alpha value is -1.22. The molecule has 0 bridgehead atoms. The van der Waals surface area contributed by atoms with E-state index in [1.54, 1.807) is 0 Å². The molecule has 0 saturated heterocycles. The van der Waals surface area contributed by atoms with E-state index < -0.39 is 5.60 Å². The molecule has 0 radical (unpaired) electrons. The van der Waals surface area contributed by atoms with Crippen LogP contribution in [-0.2, 0) is 5.60 Å². The van der Waals surface area contributed by atoms with Crippen LogP contribution in [0.1, 0.15) is 51.5 Å². The Kier molecular flexibility index (Phi) is 4.12. The van der Waals surface area contributed by atoms with Gasteiger partial charge in [0.2, 0.25) is 0 Å². The van der Waals surface area contributed by atoms with Crippen LogP contribution in [0.5, 0.6) is 11.5 Å². The fourth-order valence-corrected chi connectivity index (χ4v) is 3.83. The molecule has 0 amide bonds. The number of hydrogen-bond acceptors (Lipinski definition) is 3. The minimum atomic E-state index is -0.701. The number of ether oxygens (including phenoxy) is 2. The average Bonchev–Trinajstić information content (AvgIpc) is 2.46. The van der Waals surface area contributed by atoms with Gasteiger partial charge < -0.3 is 14.6 Å². The van der Waals surface area contributed by atoms with Gasteiger partial charge in [-0.2, -0.15) is 0 Å². The summed E-state index contributed by atoms with van der Waals surface area (Å²) >= 11 is 0. The molecule has 3 nitrogen and oxygen atoms in total. The van der Waals surface area contributed by atoms with Gasteiger partial charge in [0.1, 0.15) is 13.2 Å². The Morgan fingerprint density at radius 1 is 1.24 bits per heavy atom. The molecule has 1 aliphatic carbocycles. The van der Waals surface area contributed by atoms with Crippen molar-refractivity contribution in [3.05, 3.63) is 23.8 Å². The predicted octanol–water partition coefficient (Wildman–Crippen LogP) is 3.88. The van der Waals surface area contributed by atoms with Crippen molar-refractivity contribution in [2.24, 2.45) is 11.8 Å². The topological polar surface area (TPSA) is 38.7 Å². The van der Waals surface area contributed by atoms with E-state index in [-0.39, 0.29) is 0 Å². The van der Waals surface area contributed by atoms with Crippen LogP contribution in [0.3, 0.4) is 0 Å². The summed E-state index contributed by atoms with van der Waals surface area (Å²) in [7, 11) is 0.